The molecule has 8 nitrogen and oxygen atoms in total. The first-order valence-corrected chi connectivity index (χ1v) is 7.83. The number of rotatable bonds is 6. The molecule has 3 rings (SSSR count). The molecular formula is C18H18N4O4. The number of ether oxygens (including phenoxy) is 3. The molecule has 1 aromatic carbocycles. The van der Waals surface area contributed by atoms with E-state index in [0.29, 0.717) is 28.8 Å². The fraction of sp³-hybridized carbons (Fsp3) is 0.222. The molecule has 8 heteroatoms. The second-order valence-electron chi connectivity index (χ2n) is 5.38. The lowest BCUT2D eigenvalue weighted by Crippen LogP contribution is -2.23. The maximum absolute atomic E-state index is 12.8. The van der Waals surface area contributed by atoms with Crippen molar-refractivity contribution in [3.63, 3.8) is 0 Å². The first-order valence-electron chi connectivity index (χ1n) is 7.83. The topological polar surface area (TPSA) is 88.4 Å². The minimum absolute atomic E-state index is 0.0119. The normalized spacial score (nSPS) is 10.6. The third kappa shape index (κ3) is 3.21. The Bertz CT molecular complexity index is 1010. The number of aryl methyl sites for hydroxylation is 1. The minimum atomic E-state index is -0.282. The van der Waals surface area contributed by atoms with Crippen molar-refractivity contribution in [2.75, 3.05) is 14.2 Å². The van der Waals surface area contributed by atoms with E-state index in [9.17, 15) is 4.79 Å². The third-order valence-electron chi connectivity index (χ3n) is 3.72. The van der Waals surface area contributed by atoms with Crippen LogP contribution in [0.15, 0.2) is 41.7 Å². The molecule has 0 unspecified atom stereocenters. The van der Waals surface area contributed by atoms with Crippen molar-refractivity contribution >= 4 is 10.8 Å². The highest BCUT2D eigenvalue weighted by atomic mass is 16.5. The Kier molecular flexibility index (Phi) is 4.83. The van der Waals surface area contributed by atoms with E-state index in [1.807, 2.05) is 13.0 Å². The van der Waals surface area contributed by atoms with E-state index in [4.69, 9.17) is 14.2 Å². The molecule has 0 radical (unpaired) electrons. The van der Waals surface area contributed by atoms with Crippen molar-refractivity contribution in [3.05, 3.63) is 53.0 Å². The Labute approximate surface area is 149 Å². The van der Waals surface area contributed by atoms with Crippen LogP contribution in [-0.2, 0) is 6.54 Å². The van der Waals surface area contributed by atoms with Crippen molar-refractivity contribution in [2.45, 2.75) is 13.5 Å². The van der Waals surface area contributed by atoms with E-state index >= 15 is 0 Å². The lowest BCUT2D eigenvalue weighted by Gasteiger charge is -2.11. The van der Waals surface area contributed by atoms with Gasteiger partial charge in [-0.25, -0.2) is 4.68 Å². The Hall–Kier alpha value is -3.42. The summed E-state index contributed by atoms with van der Waals surface area (Å²) in [4.78, 5) is 21.1. The Balaban J connectivity index is 2.17. The van der Waals surface area contributed by atoms with Gasteiger partial charge in [-0.2, -0.15) is 15.1 Å². The molecule has 0 bridgehead atoms. The summed E-state index contributed by atoms with van der Waals surface area (Å²) in [7, 11) is 2.96. The maximum Gasteiger partial charge on any atom is 0.328 e. The van der Waals surface area contributed by atoms with Crippen molar-refractivity contribution < 1.29 is 14.2 Å². The monoisotopic (exact) mass is 354 g/mol. The van der Waals surface area contributed by atoms with E-state index in [1.165, 1.54) is 25.0 Å². The van der Waals surface area contributed by atoms with Crippen LogP contribution in [0.3, 0.4) is 0 Å². The Morgan fingerprint density at radius 3 is 2.50 bits per heavy atom. The predicted molar refractivity (Wildman–Crippen MR) is 96.1 cm³/mol. The van der Waals surface area contributed by atoms with Crippen LogP contribution in [0.5, 0.6) is 23.5 Å². The van der Waals surface area contributed by atoms with Crippen LogP contribution in [0.4, 0.5) is 0 Å². The fourth-order valence-electron chi connectivity index (χ4n) is 2.53. The van der Waals surface area contributed by atoms with E-state index in [2.05, 4.69) is 21.6 Å². The van der Waals surface area contributed by atoms with E-state index in [-0.39, 0.29) is 23.3 Å². The van der Waals surface area contributed by atoms with Gasteiger partial charge < -0.3 is 14.2 Å². The number of nitrogens with zero attached hydrogens (tertiary/aromatic N) is 4. The molecule has 2 aromatic heterocycles. The molecule has 0 spiro atoms. The number of allylic oxidation sites excluding steroid dienone is 1. The SMILES string of the molecule is C=CCn1nc(C)c2cccc(Oc3nc(OC)cc(OC)n3)c2c1=O. The van der Waals surface area contributed by atoms with Gasteiger partial charge in [-0.05, 0) is 13.0 Å². The van der Waals surface area contributed by atoms with E-state index in [0.717, 1.165) is 0 Å². The van der Waals surface area contributed by atoms with Gasteiger partial charge in [0.1, 0.15) is 5.75 Å². The van der Waals surface area contributed by atoms with Crippen LogP contribution in [0.1, 0.15) is 5.69 Å². The second-order valence-corrected chi connectivity index (χ2v) is 5.38. The smallest absolute Gasteiger partial charge is 0.328 e. The van der Waals surface area contributed by atoms with Gasteiger partial charge in [-0.3, -0.25) is 4.79 Å². The van der Waals surface area contributed by atoms with Crippen molar-refractivity contribution in [1.82, 2.24) is 19.7 Å². The van der Waals surface area contributed by atoms with E-state index < -0.39 is 0 Å². The zero-order chi connectivity index (χ0) is 18.7. The number of hydrogen-bond donors (Lipinski definition) is 0. The average Bonchev–Trinajstić information content (AvgIpc) is 2.65. The highest BCUT2D eigenvalue weighted by molar-refractivity contribution is 5.89. The summed E-state index contributed by atoms with van der Waals surface area (Å²) in [5, 5.41) is 5.39. The molecule has 0 aliphatic rings. The molecule has 134 valence electrons. The van der Waals surface area contributed by atoms with Gasteiger partial charge in [0.25, 0.3) is 5.56 Å². The zero-order valence-electron chi connectivity index (χ0n) is 14.7. The van der Waals surface area contributed by atoms with Gasteiger partial charge in [0.05, 0.1) is 37.9 Å². The standard InChI is InChI=1S/C18H18N4O4/c1-5-9-22-17(23)16-12(11(2)21-22)7-6-8-13(16)26-18-19-14(24-3)10-15(20-18)25-4/h5-8,10H,1,9H2,2-4H3. The number of aromatic nitrogens is 4. The summed E-state index contributed by atoms with van der Waals surface area (Å²) >= 11 is 0. The molecule has 0 saturated heterocycles. The number of methoxy groups -OCH3 is 2. The van der Waals surface area contributed by atoms with Crippen LogP contribution < -0.4 is 19.8 Å². The van der Waals surface area contributed by atoms with Crippen molar-refractivity contribution in [1.29, 1.82) is 0 Å². The molecule has 0 aliphatic carbocycles. The molecule has 2 heterocycles. The molecule has 3 aromatic rings. The first-order chi connectivity index (χ1) is 12.6. The highest BCUT2D eigenvalue weighted by Gasteiger charge is 2.15. The summed E-state index contributed by atoms with van der Waals surface area (Å²) in [6, 6.07) is 6.81. The lowest BCUT2D eigenvalue weighted by molar-refractivity contribution is 0.349. The maximum atomic E-state index is 12.8. The number of fused-ring (bicyclic) bond motifs is 1. The van der Waals surface area contributed by atoms with Crippen molar-refractivity contribution in [3.8, 4) is 23.5 Å². The second kappa shape index (κ2) is 7.22. The number of benzene rings is 1. The molecule has 0 saturated carbocycles. The fourth-order valence-corrected chi connectivity index (χ4v) is 2.53. The minimum Gasteiger partial charge on any atom is -0.481 e. The predicted octanol–water partition coefficient (Wildman–Crippen LogP) is 2.49. The molecular weight excluding hydrogens is 336 g/mol. The summed E-state index contributed by atoms with van der Waals surface area (Å²) in [5.41, 5.74) is 0.423. The molecule has 0 atom stereocenters. The van der Waals surface area contributed by atoms with Crippen LogP contribution in [0.25, 0.3) is 10.8 Å². The largest absolute Gasteiger partial charge is 0.481 e. The molecule has 0 amide bonds. The Morgan fingerprint density at radius 2 is 1.88 bits per heavy atom. The van der Waals surface area contributed by atoms with Crippen LogP contribution in [0.2, 0.25) is 0 Å². The van der Waals surface area contributed by atoms with Gasteiger partial charge in [0.15, 0.2) is 0 Å². The molecule has 0 N–H and O–H groups in total. The van der Waals surface area contributed by atoms with Gasteiger partial charge in [0, 0.05) is 5.39 Å². The summed E-state index contributed by atoms with van der Waals surface area (Å²) in [5.74, 6) is 0.897. The van der Waals surface area contributed by atoms with Gasteiger partial charge in [-0.1, -0.05) is 18.2 Å². The van der Waals surface area contributed by atoms with Crippen LogP contribution in [0, 0.1) is 6.92 Å². The summed E-state index contributed by atoms with van der Waals surface area (Å²) < 4.78 is 17.4. The van der Waals surface area contributed by atoms with Gasteiger partial charge >= 0.3 is 6.01 Å². The zero-order valence-corrected chi connectivity index (χ0v) is 14.7. The highest BCUT2D eigenvalue weighted by Crippen LogP contribution is 2.29. The lowest BCUT2D eigenvalue weighted by atomic mass is 10.1. The molecule has 26 heavy (non-hydrogen) atoms. The van der Waals surface area contributed by atoms with Crippen LogP contribution in [-0.4, -0.2) is 34.0 Å². The molecule has 0 fully saturated rings. The van der Waals surface area contributed by atoms with E-state index in [1.54, 1.807) is 18.2 Å². The number of hydrogen-bond acceptors (Lipinski definition) is 7. The quantitative estimate of drug-likeness (QED) is 0.628. The van der Waals surface area contributed by atoms with Crippen LogP contribution >= 0.6 is 0 Å². The third-order valence-corrected chi connectivity index (χ3v) is 3.72. The average molecular weight is 354 g/mol. The van der Waals surface area contributed by atoms with Gasteiger partial charge in [-0.15, -0.1) is 6.58 Å². The molecule has 0 aliphatic heterocycles. The summed E-state index contributed by atoms with van der Waals surface area (Å²) in [6.07, 6.45) is 1.61. The van der Waals surface area contributed by atoms with Gasteiger partial charge in [0.2, 0.25) is 11.8 Å². The first kappa shape index (κ1) is 17.4. The Morgan fingerprint density at radius 1 is 1.19 bits per heavy atom. The van der Waals surface area contributed by atoms with Crippen molar-refractivity contribution in [2.24, 2.45) is 0 Å². The summed E-state index contributed by atoms with van der Waals surface area (Å²) in [6.45, 7) is 5.79.